The second-order valence-electron chi connectivity index (χ2n) is 5.34. The van der Waals surface area contributed by atoms with E-state index in [1.807, 2.05) is 11.8 Å². The molecule has 2 rings (SSSR count). The van der Waals surface area contributed by atoms with Crippen molar-refractivity contribution >= 4 is 17.7 Å². The molecule has 1 aliphatic rings. The van der Waals surface area contributed by atoms with Crippen molar-refractivity contribution in [1.29, 1.82) is 0 Å². The summed E-state index contributed by atoms with van der Waals surface area (Å²) in [6.45, 7) is 4.21. The van der Waals surface area contributed by atoms with Crippen molar-refractivity contribution in [2.75, 3.05) is 31.6 Å². The van der Waals surface area contributed by atoms with Gasteiger partial charge in [-0.2, -0.15) is 0 Å². The Morgan fingerprint density at radius 1 is 1.41 bits per heavy atom. The zero-order chi connectivity index (χ0) is 15.9. The number of methoxy groups -OCH3 is 1. The summed E-state index contributed by atoms with van der Waals surface area (Å²) in [5.74, 6) is 0.253. The maximum atomic E-state index is 12.1. The van der Waals surface area contributed by atoms with E-state index in [0.717, 1.165) is 25.8 Å². The van der Waals surface area contributed by atoms with Crippen LogP contribution in [0, 0.1) is 5.92 Å². The molecule has 7 heteroatoms. The average Bonchev–Trinajstić information content (AvgIpc) is 2.59. The second kappa shape index (κ2) is 7.72. The first-order valence-corrected chi connectivity index (χ1v) is 7.60. The fourth-order valence-corrected chi connectivity index (χ4v) is 2.50. The maximum absolute atomic E-state index is 12.1. The lowest BCUT2D eigenvalue weighted by molar-refractivity contribution is -0.125. The third kappa shape index (κ3) is 3.93. The Kier molecular flexibility index (Phi) is 5.68. The SMILES string of the molecule is CCCNC(=O)C1CCCN(c2ccc(C(=O)OC)nn2)C1. The number of rotatable bonds is 5. The Hall–Kier alpha value is -2.18. The molecule has 0 radical (unpaired) electrons. The summed E-state index contributed by atoms with van der Waals surface area (Å²) in [6, 6.07) is 3.33. The molecule has 1 fully saturated rings. The van der Waals surface area contributed by atoms with Crippen molar-refractivity contribution in [3.63, 3.8) is 0 Å². The minimum atomic E-state index is -0.505. The molecule has 1 aromatic rings. The number of esters is 1. The molecular weight excluding hydrogens is 284 g/mol. The summed E-state index contributed by atoms with van der Waals surface area (Å²) in [7, 11) is 1.31. The molecule has 1 saturated heterocycles. The highest BCUT2D eigenvalue weighted by atomic mass is 16.5. The van der Waals surface area contributed by atoms with Crippen molar-refractivity contribution in [1.82, 2.24) is 15.5 Å². The van der Waals surface area contributed by atoms with Crippen LogP contribution in [-0.2, 0) is 9.53 Å². The van der Waals surface area contributed by atoms with E-state index in [9.17, 15) is 9.59 Å². The lowest BCUT2D eigenvalue weighted by Crippen LogP contribution is -2.43. The summed E-state index contributed by atoms with van der Waals surface area (Å²) in [5, 5.41) is 10.9. The van der Waals surface area contributed by atoms with Crippen molar-refractivity contribution in [3.05, 3.63) is 17.8 Å². The van der Waals surface area contributed by atoms with Crippen LogP contribution >= 0.6 is 0 Å². The number of anilines is 1. The van der Waals surface area contributed by atoms with Crippen LogP contribution in [0.4, 0.5) is 5.82 Å². The van der Waals surface area contributed by atoms with Gasteiger partial charge in [0.15, 0.2) is 11.5 Å². The number of aromatic nitrogens is 2. The minimum absolute atomic E-state index is 0.0256. The number of nitrogens with one attached hydrogen (secondary N) is 1. The number of piperidine rings is 1. The Morgan fingerprint density at radius 2 is 2.23 bits per heavy atom. The summed E-state index contributed by atoms with van der Waals surface area (Å²) >= 11 is 0. The highest BCUT2D eigenvalue weighted by molar-refractivity contribution is 5.87. The van der Waals surface area contributed by atoms with E-state index in [-0.39, 0.29) is 17.5 Å². The van der Waals surface area contributed by atoms with Gasteiger partial charge in [0.05, 0.1) is 13.0 Å². The minimum Gasteiger partial charge on any atom is -0.464 e. The van der Waals surface area contributed by atoms with Crippen LogP contribution in [0.1, 0.15) is 36.7 Å². The van der Waals surface area contributed by atoms with Gasteiger partial charge in [0.2, 0.25) is 5.91 Å². The van der Waals surface area contributed by atoms with Crippen LogP contribution in [0.25, 0.3) is 0 Å². The number of amides is 1. The maximum Gasteiger partial charge on any atom is 0.358 e. The number of nitrogens with zero attached hydrogens (tertiary/aromatic N) is 3. The van der Waals surface area contributed by atoms with Gasteiger partial charge in [-0.15, -0.1) is 10.2 Å². The largest absolute Gasteiger partial charge is 0.464 e. The monoisotopic (exact) mass is 306 g/mol. The fraction of sp³-hybridized carbons (Fsp3) is 0.600. The molecule has 0 aliphatic carbocycles. The normalized spacial score (nSPS) is 17.9. The molecule has 1 aliphatic heterocycles. The van der Waals surface area contributed by atoms with Crippen LogP contribution in [0.2, 0.25) is 0 Å². The van der Waals surface area contributed by atoms with Crippen LogP contribution < -0.4 is 10.2 Å². The van der Waals surface area contributed by atoms with Gasteiger partial charge in [-0.25, -0.2) is 4.79 Å². The van der Waals surface area contributed by atoms with Gasteiger partial charge in [-0.3, -0.25) is 4.79 Å². The predicted molar refractivity (Wildman–Crippen MR) is 81.6 cm³/mol. The Labute approximate surface area is 130 Å². The van der Waals surface area contributed by atoms with Crippen molar-refractivity contribution in [2.24, 2.45) is 5.92 Å². The third-order valence-corrected chi connectivity index (χ3v) is 3.71. The van der Waals surface area contributed by atoms with Gasteiger partial charge in [0.25, 0.3) is 0 Å². The van der Waals surface area contributed by atoms with E-state index < -0.39 is 5.97 Å². The van der Waals surface area contributed by atoms with Gasteiger partial charge in [0, 0.05) is 19.6 Å². The Bertz CT molecular complexity index is 518. The quantitative estimate of drug-likeness (QED) is 0.817. The molecule has 1 N–H and O–H groups in total. The molecule has 1 unspecified atom stereocenters. The molecule has 0 bridgehead atoms. The van der Waals surface area contributed by atoms with E-state index in [1.54, 1.807) is 12.1 Å². The third-order valence-electron chi connectivity index (χ3n) is 3.71. The lowest BCUT2D eigenvalue weighted by atomic mass is 9.97. The predicted octanol–water partition coefficient (Wildman–Crippen LogP) is 1.01. The Balaban J connectivity index is 1.99. The van der Waals surface area contributed by atoms with E-state index in [1.165, 1.54) is 7.11 Å². The molecule has 1 atom stereocenters. The molecule has 0 saturated carbocycles. The fourth-order valence-electron chi connectivity index (χ4n) is 2.50. The lowest BCUT2D eigenvalue weighted by Gasteiger charge is -2.32. The van der Waals surface area contributed by atoms with Gasteiger partial charge < -0.3 is 15.0 Å². The number of hydrogen-bond donors (Lipinski definition) is 1. The molecule has 7 nitrogen and oxygen atoms in total. The van der Waals surface area contributed by atoms with E-state index >= 15 is 0 Å². The molecule has 0 spiro atoms. The van der Waals surface area contributed by atoms with Crippen LogP contribution in [-0.4, -0.2) is 48.8 Å². The molecule has 1 aromatic heterocycles. The highest BCUT2D eigenvalue weighted by Crippen LogP contribution is 2.21. The molecule has 2 heterocycles. The van der Waals surface area contributed by atoms with Gasteiger partial charge >= 0.3 is 5.97 Å². The summed E-state index contributed by atoms with van der Waals surface area (Å²) < 4.78 is 4.60. The van der Waals surface area contributed by atoms with Crippen LogP contribution in [0.3, 0.4) is 0 Å². The van der Waals surface area contributed by atoms with Crippen LogP contribution in [0.5, 0.6) is 0 Å². The smallest absolute Gasteiger partial charge is 0.358 e. The highest BCUT2D eigenvalue weighted by Gasteiger charge is 2.26. The van der Waals surface area contributed by atoms with Gasteiger partial charge in [0.1, 0.15) is 0 Å². The molecular formula is C15H22N4O3. The summed E-state index contributed by atoms with van der Waals surface area (Å²) in [4.78, 5) is 25.5. The van der Waals surface area contributed by atoms with Crippen molar-refractivity contribution in [2.45, 2.75) is 26.2 Å². The number of carbonyl (C=O) groups is 2. The topological polar surface area (TPSA) is 84.4 Å². The van der Waals surface area contributed by atoms with Gasteiger partial charge in [-0.05, 0) is 31.4 Å². The molecule has 120 valence electrons. The summed E-state index contributed by atoms with van der Waals surface area (Å²) in [5.41, 5.74) is 0.181. The van der Waals surface area contributed by atoms with E-state index in [2.05, 4.69) is 20.3 Å². The molecule has 22 heavy (non-hydrogen) atoms. The zero-order valence-electron chi connectivity index (χ0n) is 13.0. The number of carbonyl (C=O) groups excluding carboxylic acids is 2. The second-order valence-corrected chi connectivity index (χ2v) is 5.34. The van der Waals surface area contributed by atoms with Crippen molar-refractivity contribution < 1.29 is 14.3 Å². The first-order valence-electron chi connectivity index (χ1n) is 7.60. The van der Waals surface area contributed by atoms with Crippen LogP contribution in [0.15, 0.2) is 12.1 Å². The molecule has 0 aromatic carbocycles. The van der Waals surface area contributed by atoms with Gasteiger partial charge in [-0.1, -0.05) is 6.92 Å². The zero-order valence-corrected chi connectivity index (χ0v) is 13.0. The Morgan fingerprint density at radius 3 is 2.86 bits per heavy atom. The number of hydrogen-bond acceptors (Lipinski definition) is 6. The number of ether oxygens (including phenoxy) is 1. The first kappa shape index (κ1) is 16.2. The summed E-state index contributed by atoms with van der Waals surface area (Å²) in [6.07, 6.45) is 2.76. The average molecular weight is 306 g/mol. The standard InChI is InChI=1S/C15H22N4O3/c1-3-8-16-14(20)11-5-4-9-19(10-11)13-7-6-12(17-18-13)15(21)22-2/h6-7,11H,3-5,8-10H2,1-2H3,(H,16,20). The van der Waals surface area contributed by atoms with E-state index in [4.69, 9.17) is 0 Å². The molecule has 1 amide bonds. The van der Waals surface area contributed by atoms with E-state index in [0.29, 0.717) is 18.9 Å². The first-order chi connectivity index (χ1) is 10.7. The van der Waals surface area contributed by atoms with Crippen molar-refractivity contribution in [3.8, 4) is 0 Å².